The summed E-state index contributed by atoms with van der Waals surface area (Å²) in [5.74, 6) is 1.90. The first kappa shape index (κ1) is 10.6. The maximum absolute atomic E-state index is 5.61. The fraction of sp³-hybridized carbons (Fsp3) is 0.231. The van der Waals surface area contributed by atoms with Crippen LogP contribution in [0.2, 0.25) is 0 Å². The van der Waals surface area contributed by atoms with Crippen LogP contribution in [0.5, 0.6) is 0 Å². The number of furan rings is 1. The van der Waals surface area contributed by atoms with Gasteiger partial charge in [0.05, 0.1) is 0 Å². The molecule has 0 N–H and O–H groups in total. The molecule has 0 aliphatic heterocycles. The van der Waals surface area contributed by atoms with Gasteiger partial charge in [-0.05, 0) is 32.4 Å². The van der Waals surface area contributed by atoms with Crippen LogP contribution in [-0.2, 0) is 0 Å². The van der Waals surface area contributed by atoms with Crippen molar-refractivity contribution in [2.75, 3.05) is 0 Å². The lowest BCUT2D eigenvalue weighted by atomic mass is 10.1. The number of hydrogen-bond donors (Lipinski definition) is 0. The van der Waals surface area contributed by atoms with Crippen LogP contribution < -0.4 is 0 Å². The van der Waals surface area contributed by atoms with Crippen molar-refractivity contribution in [2.45, 2.75) is 20.8 Å². The highest BCUT2D eigenvalue weighted by molar-refractivity contribution is 5.71. The number of allylic oxidation sites excluding steroid dienone is 5. The molecule has 74 valence electrons. The lowest BCUT2D eigenvalue weighted by molar-refractivity contribution is 0.520. The Morgan fingerprint density at radius 3 is 2.57 bits per heavy atom. The third kappa shape index (κ3) is 2.25. The molecule has 0 atom stereocenters. The topological polar surface area (TPSA) is 13.1 Å². The van der Waals surface area contributed by atoms with Gasteiger partial charge >= 0.3 is 0 Å². The Kier molecular flexibility index (Phi) is 3.52. The molecule has 0 saturated heterocycles. The molecule has 0 amide bonds. The summed E-state index contributed by atoms with van der Waals surface area (Å²) >= 11 is 0. The SMILES string of the molecule is C=C/C=C\C(=C/C)c1cc(C)c(C)o1. The van der Waals surface area contributed by atoms with E-state index in [1.807, 2.05) is 39.0 Å². The van der Waals surface area contributed by atoms with E-state index in [-0.39, 0.29) is 0 Å². The largest absolute Gasteiger partial charge is 0.461 e. The van der Waals surface area contributed by atoms with Gasteiger partial charge in [0.2, 0.25) is 0 Å². The van der Waals surface area contributed by atoms with Gasteiger partial charge in [0.25, 0.3) is 0 Å². The predicted molar refractivity (Wildman–Crippen MR) is 61.2 cm³/mol. The zero-order valence-corrected chi connectivity index (χ0v) is 9.00. The molecule has 14 heavy (non-hydrogen) atoms. The highest BCUT2D eigenvalue weighted by atomic mass is 16.3. The third-order valence-corrected chi connectivity index (χ3v) is 2.17. The summed E-state index contributed by atoms with van der Waals surface area (Å²) in [5, 5.41) is 0. The number of hydrogen-bond acceptors (Lipinski definition) is 1. The molecular formula is C13H16O. The first-order valence-electron chi connectivity index (χ1n) is 4.72. The summed E-state index contributed by atoms with van der Waals surface area (Å²) < 4.78 is 5.61. The van der Waals surface area contributed by atoms with Gasteiger partial charge in [0.1, 0.15) is 11.5 Å². The van der Waals surface area contributed by atoms with Crippen LogP contribution >= 0.6 is 0 Å². The van der Waals surface area contributed by atoms with E-state index in [0.29, 0.717) is 0 Å². The Balaban J connectivity index is 3.02. The minimum atomic E-state index is 0.917. The molecule has 0 aliphatic carbocycles. The van der Waals surface area contributed by atoms with Crippen LogP contribution in [-0.4, -0.2) is 0 Å². The van der Waals surface area contributed by atoms with Gasteiger partial charge in [-0.15, -0.1) is 0 Å². The molecule has 0 fully saturated rings. The molecule has 0 radical (unpaired) electrons. The molecule has 1 rings (SSSR count). The average molecular weight is 188 g/mol. The lowest BCUT2D eigenvalue weighted by Gasteiger charge is -1.94. The van der Waals surface area contributed by atoms with Crippen LogP contribution in [0.4, 0.5) is 0 Å². The van der Waals surface area contributed by atoms with Gasteiger partial charge in [-0.2, -0.15) is 0 Å². The van der Waals surface area contributed by atoms with Gasteiger partial charge in [0, 0.05) is 5.57 Å². The van der Waals surface area contributed by atoms with Crippen molar-refractivity contribution in [1.82, 2.24) is 0 Å². The Labute approximate surface area is 85.4 Å². The minimum Gasteiger partial charge on any atom is -0.461 e. The predicted octanol–water partition coefficient (Wildman–Crippen LogP) is 4.04. The molecule has 1 nitrogen and oxygen atoms in total. The summed E-state index contributed by atoms with van der Waals surface area (Å²) in [6.07, 6.45) is 7.68. The van der Waals surface area contributed by atoms with Crippen molar-refractivity contribution in [1.29, 1.82) is 0 Å². The van der Waals surface area contributed by atoms with E-state index < -0.39 is 0 Å². The third-order valence-electron chi connectivity index (χ3n) is 2.17. The highest BCUT2D eigenvalue weighted by Gasteiger charge is 2.05. The van der Waals surface area contributed by atoms with Gasteiger partial charge in [-0.3, -0.25) is 0 Å². The zero-order valence-electron chi connectivity index (χ0n) is 9.00. The second-order valence-corrected chi connectivity index (χ2v) is 3.19. The number of aryl methyl sites for hydroxylation is 2. The molecule has 0 aromatic carbocycles. The van der Waals surface area contributed by atoms with Crippen LogP contribution in [0.3, 0.4) is 0 Å². The molecule has 1 aromatic rings. The lowest BCUT2D eigenvalue weighted by Crippen LogP contribution is -1.74. The van der Waals surface area contributed by atoms with E-state index in [1.54, 1.807) is 6.08 Å². The van der Waals surface area contributed by atoms with E-state index >= 15 is 0 Å². The second kappa shape index (κ2) is 4.66. The zero-order chi connectivity index (χ0) is 10.6. The minimum absolute atomic E-state index is 0.917. The maximum Gasteiger partial charge on any atom is 0.134 e. The summed E-state index contributed by atoms with van der Waals surface area (Å²) in [6.45, 7) is 9.66. The Morgan fingerprint density at radius 2 is 2.14 bits per heavy atom. The smallest absolute Gasteiger partial charge is 0.134 e. The van der Waals surface area contributed by atoms with Crippen molar-refractivity contribution in [3.8, 4) is 0 Å². The van der Waals surface area contributed by atoms with Gasteiger partial charge in [0.15, 0.2) is 0 Å². The second-order valence-electron chi connectivity index (χ2n) is 3.19. The Hall–Kier alpha value is -1.50. The van der Waals surface area contributed by atoms with Crippen molar-refractivity contribution < 1.29 is 4.42 Å². The first-order chi connectivity index (χ1) is 6.69. The van der Waals surface area contributed by atoms with Crippen molar-refractivity contribution in [2.24, 2.45) is 0 Å². The molecule has 1 aromatic heterocycles. The molecule has 1 heterocycles. The van der Waals surface area contributed by atoms with E-state index in [1.165, 1.54) is 5.56 Å². The van der Waals surface area contributed by atoms with Crippen molar-refractivity contribution in [3.05, 3.63) is 54.0 Å². The molecule has 1 heteroatoms. The van der Waals surface area contributed by atoms with E-state index in [9.17, 15) is 0 Å². The molecule has 0 aliphatic rings. The standard InChI is InChI=1S/C13H16O/c1-5-7-8-12(6-2)13-9-10(3)11(4)14-13/h5-9H,1H2,2-4H3/b8-7-,12-6+. The van der Waals surface area contributed by atoms with Gasteiger partial charge in [-0.25, -0.2) is 0 Å². The summed E-state index contributed by atoms with van der Waals surface area (Å²) in [5.41, 5.74) is 2.27. The van der Waals surface area contributed by atoms with Crippen molar-refractivity contribution >= 4 is 5.57 Å². The van der Waals surface area contributed by atoms with E-state index in [4.69, 9.17) is 4.42 Å². The molecule has 0 bridgehead atoms. The summed E-state index contributed by atoms with van der Waals surface area (Å²) in [6, 6.07) is 2.05. The van der Waals surface area contributed by atoms with Gasteiger partial charge in [-0.1, -0.05) is 30.9 Å². The highest BCUT2D eigenvalue weighted by Crippen LogP contribution is 2.21. The van der Waals surface area contributed by atoms with E-state index in [0.717, 1.165) is 17.1 Å². The summed E-state index contributed by atoms with van der Waals surface area (Å²) in [4.78, 5) is 0. The number of rotatable bonds is 3. The fourth-order valence-electron chi connectivity index (χ4n) is 1.21. The van der Waals surface area contributed by atoms with E-state index in [2.05, 4.69) is 12.6 Å². The normalized spacial score (nSPS) is 12.4. The van der Waals surface area contributed by atoms with Crippen LogP contribution in [0, 0.1) is 13.8 Å². The fourth-order valence-corrected chi connectivity index (χ4v) is 1.21. The first-order valence-corrected chi connectivity index (χ1v) is 4.72. The molecule has 0 unspecified atom stereocenters. The van der Waals surface area contributed by atoms with Crippen LogP contribution in [0.15, 0.2) is 41.4 Å². The van der Waals surface area contributed by atoms with Crippen molar-refractivity contribution in [3.63, 3.8) is 0 Å². The Bertz CT molecular complexity index is 358. The summed E-state index contributed by atoms with van der Waals surface area (Å²) in [7, 11) is 0. The van der Waals surface area contributed by atoms with Crippen LogP contribution in [0.1, 0.15) is 24.0 Å². The molecular weight excluding hydrogens is 172 g/mol. The monoisotopic (exact) mass is 188 g/mol. The quantitative estimate of drug-likeness (QED) is 0.652. The maximum atomic E-state index is 5.61. The average Bonchev–Trinajstić information content (AvgIpc) is 2.48. The Morgan fingerprint density at radius 1 is 1.43 bits per heavy atom. The molecule has 0 spiro atoms. The van der Waals surface area contributed by atoms with Gasteiger partial charge < -0.3 is 4.42 Å². The van der Waals surface area contributed by atoms with Crippen LogP contribution in [0.25, 0.3) is 5.57 Å². The molecule has 0 saturated carbocycles.